The Balaban J connectivity index is 1.90. The summed E-state index contributed by atoms with van der Waals surface area (Å²) in [6.45, 7) is 5.73. The number of pyridine rings is 1. The van der Waals surface area contributed by atoms with Gasteiger partial charge in [-0.1, -0.05) is 0 Å². The minimum absolute atomic E-state index is 0.0235. The van der Waals surface area contributed by atoms with E-state index in [-0.39, 0.29) is 23.8 Å². The monoisotopic (exact) mass is 436 g/mol. The number of amides is 1. The molecular weight excluding hydrogens is 408 g/mol. The molecule has 2 N–H and O–H groups in total. The second-order valence-electron chi connectivity index (χ2n) is 6.29. The van der Waals surface area contributed by atoms with Crippen LogP contribution in [0.2, 0.25) is 0 Å². The van der Waals surface area contributed by atoms with Crippen LogP contribution < -0.4 is 24.4 Å². The highest BCUT2D eigenvalue weighted by atomic mass is 32.2. The van der Waals surface area contributed by atoms with Crippen molar-refractivity contribution in [1.82, 2.24) is 9.71 Å². The number of hydrogen-bond acceptors (Lipinski definition) is 7. The summed E-state index contributed by atoms with van der Waals surface area (Å²) < 4.78 is 37.5. The van der Waals surface area contributed by atoms with E-state index in [0.717, 1.165) is 18.9 Å². The molecule has 1 aromatic carbocycles. The number of anilines is 2. The predicted octanol–water partition coefficient (Wildman–Crippen LogP) is 2.25. The standard InChI is InChI=1S/C20H28N4O5S/c1-5-24(6-2)19-10-7-15(14-21-19)23-20(25)11-12-22-30(26,27)16-8-9-17(28-3)18(13-16)29-4/h7-10,13-14,22H,5-6,11-12H2,1-4H3,(H,23,25). The lowest BCUT2D eigenvalue weighted by Gasteiger charge is -2.19. The van der Waals surface area contributed by atoms with Gasteiger partial charge in [-0.3, -0.25) is 4.79 Å². The molecule has 1 amide bonds. The van der Waals surface area contributed by atoms with Gasteiger partial charge in [0, 0.05) is 32.1 Å². The van der Waals surface area contributed by atoms with Crippen molar-refractivity contribution in [2.45, 2.75) is 25.2 Å². The fraction of sp³-hybridized carbons (Fsp3) is 0.400. The summed E-state index contributed by atoms with van der Waals surface area (Å²) in [5.41, 5.74) is 0.554. The summed E-state index contributed by atoms with van der Waals surface area (Å²) in [5, 5.41) is 2.71. The molecule has 164 valence electrons. The molecular formula is C20H28N4O5S. The molecule has 1 heterocycles. The van der Waals surface area contributed by atoms with Gasteiger partial charge in [0.05, 0.1) is 31.0 Å². The molecule has 0 atom stereocenters. The van der Waals surface area contributed by atoms with Gasteiger partial charge in [-0.05, 0) is 38.1 Å². The van der Waals surface area contributed by atoms with Crippen LogP contribution in [0, 0.1) is 0 Å². The maximum absolute atomic E-state index is 12.4. The Bertz CT molecular complexity index is 944. The molecule has 0 aliphatic rings. The lowest BCUT2D eigenvalue weighted by molar-refractivity contribution is -0.116. The molecule has 0 aliphatic carbocycles. The Morgan fingerprint density at radius 3 is 2.33 bits per heavy atom. The van der Waals surface area contributed by atoms with Crippen molar-refractivity contribution in [1.29, 1.82) is 0 Å². The Morgan fingerprint density at radius 2 is 1.77 bits per heavy atom. The van der Waals surface area contributed by atoms with Crippen molar-refractivity contribution >= 4 is 27.4 Å². The second kappa shape index (κ2) is 10.8. The molecule has 10 heteroatoms. The zero-order chi connectivity index (χ0) is 22.1. The maximum atomic E-state index is 12.4. The first-order valence-electron chi connectivity index (χ1n) is 9.57. The van der Waals surface area contributed by atoms with Crippen molar-refractivity contribution in [3.05, 3.63) is 36.5 Å². The average molecular weight is 437 g/mol. The van der Waals surface area contributed by atoms with E-state index >= 15 is 0 Å². The molecule has 0 aliphatic heterocycles. The van der Waals surface area contributed by atoms with Crippen molar-refractivity contribution < 1.29 is 22.7 Å². The van der Waals surface area contributed by atoms with Gasteiger partial charge in [0.25, 0.3) is 0 Å². The normalized spacial score (nSPS) is 11.1. The van der Waals surface area contributed by atoms with Gasteiger partial charge >= 0.3 is 0 Å². The number of methoxy groups -OCH3 is 2. The number of nitrogens with one attached hydrogen (secondary N) is 2. The van der Waals surface area contributed by atoms with E-state index in [4.69, 9.17) is 9.47 Å². The smallest absolute Gasteiger partial charge is 0.240 e. The van der Waals surface area contributed by atoms with E-state index in [1.54, 1.807) is 12.3 Å². The Morgan fingerprint density at radius 1 is 1.07 bits per heavy atom. The third-order valence-electron chi connectivity index (χ3n) is 4.43. The van der Waals surface area contributed by atoms with Crippen molar-refractivity contribution in [2.24, 2.45) is 0 Å². The molecule has 0 saturated heterocycles. The molecule has 0 bridgehead atoms. The second-order valence-corrected chi connectivity index (χ2v) is 8.06. The van der Waals surface area contributed by atoms with Crippen LogP contribution >= 0.6 is 0 Å². The minimum Gasteiger partial charge on any atom is -0.493 e. The van der Waals surface area contributed by atoms with Gasteiger partial charge < -0.3 is 19.7 Å². The van der Waals surface area contributed by atoms with E-state index in [1.165, 1.54) is 32.4 Å². The summed E-state index contributed by atoms with van der Waals surface area (Å²) in [5.74, 6) is 1.25. The van der Waals surface area contributed by atoms with E-state index < -0.39 is 10.0 Å². The summed E-state index contributed by atoms with van der Waals surface area (Å²) in [7, 11) is -0.897. The number of rotatable bonds is 11. The van der Waals surface area contributed by atoms with E-state index in [2.05, 4.69) is 19.9 Å². The number of carbonyl (C=O) groups is 1. The Kier molecular flexibility index (Phi) is 8.43. The van der Waals surface area contributed by atoms with Crippen LogP contribution in [0.1, 0.15) is 20.3 Å². The maximum Gasteiger partial charge on any atom is 0.240 e. The van der Waals surface area contributed by atoms with Crippen molar-refractivity contribution in [2.75, 3.05) is 44.1 Å². The predicted molar refractivity (Wildman–Crippen MR) is 116 cm³/mol. The fourth-order valence-electron chi connectivity index (χ4n) is 2.78. The molecule has 0 saturated carbocycles. The molecule has 0 fully saturated rings. The van der Waals surface area contributed by atoms with Crippen LogP contribution in [0.25, 0.3) is 0 Å². The van der Waals surface area contributed by atoms with Gasteiger partial charge in [0.2, 0.25) is 15.9 Å². The minimum atomic E-state index is -3.79. The lowest BCUT2D eigenvalue weighted by Crippen LogP contribution is -2.28. The Hall–Kier alpha value is -2.85. The Labute approximate surface area is 177 Å². The van der Waals surface area contributed by atoms with Crippen LogP contribution in [0.5, 0.6) is 11.5 Å². The number of hydrogen-bond donors (Lipinski definition) is 2. The van der Waals surface area contributed by atoms with Crippen molar-refractivity contribution in [3.63, 3.8) is 0 Å². The average Bonchev–Trinajstić information content (AvgIpc) is 2.75. The molecule has 2 aromatic rings. The van der Waals surface area contributed by atoms with Gasteiger partial charge in [0.1, 0.15) is 5.82 Å². The zero-order valence-corrected chi connectivity index (χ0v) is 18.5. The van der Waals surface area contributed by atoms with Crippen LogP contribution in [-0.4, -0.2) is 53.2 Å². The van der Waals surface area contributed by atoms with Gasteiger partial charge in [-0.25, -0.2) is 18.1 Å². The largest absolute Gasteiger partial charge is 0.493 e. The first-order valence-corrected chi connectivity index (χ1v) is 11.1. The number of sulfonamides is 1. The third kappa shape index (κ3) is 6.07. The first kappa shape index (κ1) is 23.4. The highest BCUT2D eigenvalue weighted by Gasteiger charge is 2.17. The molecule has 0 unspecified atom stereocenters. The van der Waals surface area contributed by atoms with Crippen LogP contribution in [0.3, 0.4) is 0 Å². The van der Waals surface area contributed by atoms with Crippen LogP contribution in [0.15, 0.2) is 41.4 Å². The number of ether oxygens (including phenoxy) is 2. The summed E-state index contributed by atoms with van der Waals surface area (Å²) in [4.78, 5) is 18.6. The molecule has 2 rings (SSSR count). The molecule has 1 aromatic heterocycles. The summed E-state index contributed by atoms with van der Waals surface area (Å²) in [6.07, 6.45) is 1.56. The number of benzene rings is 1. The first-order chi connectivity index (χ1) is 14.3. The SMILES string of the molecule is CCN(CC)c1ccc(NC(=O)CCNS(=O)(=O)c2ccc(OC)c(OC)c2)cn1. The molecule has 0 radical (unpaired) electrons. The molecule has 9 nitrogen and oxygen atoms in total. The number of nitrogens with zero attached hydrogens (tertiary/aromatic N) is 2. The van der Waals surface area contributed by atoms with Gasteiger partial charge in [0.15, 0.2) is 11.5 Å². The molecule has 30 heavy (non-hydrogen) atoms. The fourth-order valence-corrected chi connectivity index (χ4v) is 3.83. The quantitative estimate of drug-likeness (QED) is 0.556. The lowest BCUT2D eigenvalue weighted by atomic mass is 10.3. The van der Waals surface area contributed by atoms with Gasteiger partial charge in [-0.2, -0.15) is 0 Å². The van der Waals surface area contributed by atoms with Gasteiger partial charge in [-0.15, -0.1) is 0 Å². The van der Waals surface area contributed by atoms with Crippen molar-refractivity contribution in [3.8, 4) is 11.5 Å². The third-order valence-corrected chi connectivity index (χ3v) is 5.89. The summed E-state index contributed by atoms with van der Waals surface area (Å²) >= 11 is 0. The van der Waals surface area contributed by atoms with E-state index in [0.29, 0.717) is 17.2 Å². The highest BCUT2D eigenvalue weighted by Crippen LogP contribution is 2.29. The number of carbonyl (C=O) groups excluding carboxylic acids is 1. The van der Waals surface area contributed by atoms with Crippen LogP contribution in [0.4, 0.5) is 11.5 Å². The summed E-state index contributed by atoms with van der Waals surface area (Å²) in [6, 6.07) is 7.89. The number of aromatic nitrogens is 1. The molecule has 0 spiro atoms. The highest BCUT2D eigenvalue weighted by molar-refractivity contribution is 7.89. The van der Waals surface area contributed by atoms with E-state index in [1.807, 2.05) is 19.9 Å². The topological polar surface area (TPSA) is 110 Å². The van der Waals surface area contributed by atoms with E-state index in [9.17, 15) is 13.2 Å². The zero-order valence-electron chi connectivity index (χ0n) is 17.6. The van der Waals surface area contributed by atoms with Crippen LogP contribution in [-0.2, 0) is 14.8 Å².